The van der Waals surface area contributed by atoms with Crippen LogP contribution in [0, 0.1) is 0 Å². The molecule has 1 aliphatic rings. The van der Waals surface area contributed by atoms with Crippen molar-refractivity contribution in [3.05, 3.63) is 41.2 Å². The largest absolute Gasteiger partial charge is 0.395 e. The van der Waals surface area contributed by atoms with E-state index in [0.29, 0.717) is 35.1 Å². The van der Waals surface area contributed by atoms with Crippen molar-refractivity contribution in [3.63, 3.8) is 0 Å². The second-order valence-corrected chi connectivity index (χ2v) is 11.7. The molecule has 2 aromatic heterocycles. The number of anilines is 1. The molecule has 0 unspecified atom stereocenters. The van der Waals surface area contributed by atoms with Gasteiger partial charge >= 0.3 is 0 Å². The zero-order valence-electron chi connectivity index (χ0n) is 19.0. The average molecular weight is 495 g/mol. The number of halogens is 2. The van der Waals surface area contributed by atoms with Crippen molar-refractivity contribution in [3.8, 4) is 0 Å². The molecule has 0 aliphatic carbocycles. The van der Waals surface area contributed by atoms with E-state index in [-0.39, 0.29) is 31.5 Å². The third kappa shape index (κ3) is 5.58. The number of aliphatic hydroxyl groups excluding tert-OH is 1. The second kappa shape index (κ2) is 9.71. The van der Waals surface area contributed by atoms with Gasteiger partial charge in [0, 0.05) is 29.9 Å². The van der Waals surface area contributed by atoms with Crippen molar-refractivity contribution >= 4 is 38.6 Å². The highest BCUT2D eigenvalue weighted by atomic mass is 33.1. The summed E-state index contributed by atoms with van der Waals surface area (Å²) in [7, 11) is 3.31. The molecule has 4 rings (SSSR count). The SMILES string of the molecule is CC(C)(C)c1nc(N2CCC(F)(F)C2)c2c(nnn2Cc2ccccc2CSSCCO)n1. The Bertz CT molecular complexity index is 1120. The standard InChI is InChI=1S/C22H28F2N6OS2/c1-21(2,3)20-25-18-17(19(26-20)29-9-8-22(23,24)14-29)30(28-27-18)12-15-6-4-5-7-16(15)13-33-32-11-10-31/h4-7,31H,8-14H2,1-3H3. The summed E-state index contributed by atoms with van der Waals surface area (Å²) >= 11 is 0. The van der Waals surface area contributed by atoms with E-state index in [0.717, 1.165) is 16.9 Å². The predicted octanol–water partition coefficient (Wildman–Crippen LogP) is 4.29. The number of rotatable bonds is 8. The number of fused-ring (bicyclic) bond motifs is 1. The molecule has 3 heterocycles. The molecule has 33 heavy (non-hydrogen) atoms. The van der Waals surface area contributed by atoms with Gasteiger partial charge in [-0.15, -0.1) is 5.10 Å². The maximum atomic E-state index is 14.1. The summed E-state index contributed by atoms with van der Waals surface area (Å²) in [6.07, 6.45) is -0.198. The summed E-state index contributed by atoms with van der Waals surface area (Å²) in [5.41, 5.74) is 2.87. The summed E-state index contributed by atoms with van der Waals surface area (Å²) in [5, 5.41) is 17.6. The predicted molar refractivity (Wildman–Crippen MR) is 130 cm³/mol. The first-order valence-electron chi connectivity index (χ1n) is 10.8. The van der Waals surface area contributed by atoms with E-state index in [1.54, 1.807) is 31.2 Å². The molecule has 7 nitrogen and oxygen atoms in total. The third-order valence-corrected chi connectivity index (χ3v) is 7.70. The Hall–Kier alpha value is -1.98. The topological polar surface area (TPSA) is 80.0 Å². The zero-order valence-corrected chi connectivity index (χ0v) is 20.6. The number of benzene rings is 1. The van der Waals surface area contributed by atoms with Crippen LogP contribution in [0.2, 0.25) is 0 Å². The van der Waals surface area contributed by atoms with E-state index in [4.69, 9.17) is 10.1 Å². The molecule has 0 saturated carbocycles. The summed E-state index contributed by atoms with van der Waals surface area (Å²) in [4.78, 5) is 11.0. The lowest BCUT2D eigenvalue weighted by atomic mass is 9.96. The van der Waals surface area contributed by atoms with Crippen molar-refractivity contribution < 1.29 is 13.9 Å². The van der Waals surface area contributed by atoms with Crippen LogP contribution in [0.3, 0.4) is 0 Å². The van der Waals surface area contributed by atoms with E-state index in [9.17, 15) is 8.78 Å². The van der Waals surface area contributed by atoms with Crippen LogP contribution in [0.15, 0.2) is 24.3 Å². The number of hydrogen-bond acceptors (Lipinski definition) is 8. The van der Waals surface area contributed by atoms with Crippen molar-refractivity contribution in [2.45, 2.75) is 50.8 Å². The molecule has 1 N–H and O–H groups in total. The van der Waals surface area contributed by atoms with Crippen molar-refractivity contribution in [1.29, 1.82) is 0 Å². The lowest BCUT2D eigenvalue weighted by Crippen LogP contribution is -2.28. The third-order valence-electron chi connectivity index (χ3n) is 5.40. The van der Waals surface area contributed by atoms with Gasteiger partial charge in [0.1, 0.15) is 5.82 Å². The molecule has 0 radical (unpaired) electrons. The van der Waals surface area contributed by atoms with E-state index in [2.05, 4.69) is 21.4 Å². The Morgan fingerprint density at radius 2 is 1.88 bits per heavy atom. The fraction of sp³-hybridized carbons (Fsp3) is 0.545. The quantitative estimate of drug-likeness (QED) is 0.367. The van der Waals surface area contributed by atoms with Crippen molar-refractivity contribution in [1.82, 2.24) is 25.0 Å². The molecule has 1 fully saturated rings. The summed E-state index contributed by atoms with van der Waals surface area (Å²) < 4.78 is 29.9. The molecule has 0 atom stereocenters. The molecule has 0 amide bonds. The van der Waals surface area contributed by atoms with E-state index >= 15 is 0 Å². The van der Waals surface area contributed by atoms with Crippen LogP contribution in [0.25, 0.3) is 11.2 Å². The lowest BCUT2D eigenvalue weighted by molar-refractivity contribution is 0.0257. The molecule has 1 aliphatic heterocycles. The van der Waals surface area contributed by atoms with Gasteiger partial charge in [-0.2, -0.15) is 0 Å². The summed E-state index contributed by atoms with van der Waals surface area (Å²) in [6.45, 7) is 6.41. The van der Waals surface area contributed by atoms with Crippen LogP contribution in [-0.4, -0.2) is 61.4 Å². The minimum Gasteiger partial charge on any atom is -0.395 e. The summed E-state index contributed by atoms with van der Waals surface area (Å²) in [5.74, 6) is -0.253. The van der Waals surface area contributed by atoms with Gasteiger partial charge in [0.15, 0.2) is 11.3 Å². The van der Waals surface area contributed by atoms with E-state index in [1.165, 1.54) is 0 Å². The number of aromatic nitrogens is 5. The molecular formula is C22H28F2N6OS2. The number of hydrogen-bond donors (Lipinski definition) is 1. The van der Waals surface area contributed by atoms with Gasteiger partial charge in [-0.05, 0) is 11.1 Å². The number of alkyl halides is 2. The molecule has 178 valence electrons. The van der Waals surface area contributed by atoms with Crippen LogP contribution < -0.4 is 4.90 Å². The molecule has 1 aromatic carbocycles. The first-order chi connectivity index (χ1) is 15.7. The van der Waals surface area contributed by atoms with Gasteiger partial charge in [0.05, 0.1) is 19.7 Å². The van der Waals surface area contributed by atoms with Crippen LogP contribution in [0.1, 0.15) is 44.1 Å². The highest BCUT2D eigenvalue weighted by Crippen LogP contribution is 2.35. The van der Waals surface area contributed by atoms with Gasteiger partial charge < -0.3 is 10.0 Å². The minimum absolute atomic E-state index is 0.152. The Balaban J connectivity index is 1.72. The number of nitrogens with zero attached hydrogens (tertiary/aromatic N) is 6. The molecule has 1 saturated heterocycles. The van der Waals surface area contributed by atoms with Gasteiger partial charge in [-0.1, -0.05) is 71.8 Å². The Morgan fingerprint density at radius 1 is 1.12 bits per heavy atom. The highest BCUT2D eigenvalue weighted by molar-refractivity contribution is 8.76. The fourth-order valence-electron chi connectivity index (χ4n) is 3.67. The normalized spacial score (nSPS) is 16.1. The van der Waals surface area contributed by atoms with Gasteiger partial charge in [0.25, 0.3) is 5.92 Å². The van der Waals surface area contributed by atoms with Crippen LogP contribution in [0.4, 0.5) is 14.6 Å². The van der Waals surface area contributed by atoms with Gasteiger partial charge in [-0.3, -0.25) is 0 Å². The smallest absolute Gasteiger partial charge is 0.266 e. The summed E-state index contributed by atoms with van der Waals surface area (Å²) in [6, 6.07) is 8.07. The molecule has 0 bridgehead atoms. The highest BCUT2D eigenvalue weighted by Gasteiger charge is 2.40. The van der Waals surface area contributed by atoms with Crippen molar-refractivity contribution in [2.24, 2.45) is 0 Å². The zero-order chi connectivity index (χ0) is 23.6. The van der Waals surface area contributed by atoms with Crippen LogP contribution >= 0.6 is 21.6 Å². The van der Waals surface area contributed by atoms with E-state index in [1.807, 2.05) is 39.0 Å². The van der Waals surface area contributed by atoms with Crippen molar-refractivity contribution in [2.75, 3.05) is 30.3 Å². The maximum absolute atomic E-state index is 14.1. The number of aliphatic hydroxyl groups is 1. The maximum Gasteiger partial charge on any atom is 0.266 e. The Morgan fingerprint density at radius 3 is 2.55 bits per heavy atom. The Labute approximate surface area is 199 Å². The molecule has 3 aromatic rings. The minimum atomic E-state index is -2.74. The molecular weight excluding hydrogens is 466 g/mol. The van der Waals surface area contributed by atoms with E-state index < -0.39 is 5.92 Å². The average Bonchev–Trinajstić information content (AvgIpc) is 3.34. The first kappa shape index (κ1) is 24.2. The van der Waals surface area contributed by atoms with Gasteiger partial charge in [-0.25, -0.2) is 23.4 Å². The van der Waals surface area contributed by atoms with Gasteiger partial charge in [0.2, 0.25) is 5.65 Å². The Kier molecular flexibility index (Phi) is 7.11. The first-order valence-corrected chi connectivity index (χ1v) is 13.3. The van der Waals surface area contributed by atoms with Crippen LogP contribution in [-0.2, 0) is 17.7 Å². The molecule has 11 heteroatoms. The monoisotopic (exact) mass is 494 g/mol. The van der Waals surface area contributed by atoms with Crippen LogP contribution in [0.5, 0.6) is 0 Å². The lowest BCUT2D eigenvalue weighted by Gasteiger charge is -2.22. The second-order valence-electron chi connectivity index (χ2n) is 9.14. The fourth-order valence-corrected chi connectivity index (χ4v) is 5.56. The molecule has 0 spiro atoms.